The highest BCUT2D eigenvalue weighted by Gasteiger charge is 2.48. The Kier molecular flexibility index (Phi) is 10.1. The van der Waals surface area contributed by atoms with E-state index in [9.17, 15) is 0 Å². The van der Waals surface area contributed by atoms with E-state index in [-0.39, 0.29) is 5.41 Å². The van der Waals surface area contributed by atoms with Gasteiger partial charge in [0.1, 0.15) is 23.0 Å². The molecule has 1 aliphatic heterocycles. The number of methoxy groups -OCH3 is 3. The van der Waals surface area contributed by atoms with Crippen molar-refractivity contribution in [3.8, 4) is 34.1 Å². The van der Waals surface area contributed by atoms with E-state index in [2.05, 4.69) is 92.7 Å². The lowest BCUT2D eigenvalue weighted by Crippen LogP contribution is -2.35. The van der Waals surface area contributed by atoms with Crippen LogP contribution in [0.1, 0.15) is 67.3 Å². The van der Waals surface area contributed by atoms with Crippen LogP contribution < -0.4 is 18.9 Å². The molecule has 5 aromatic rings. The maximum absolute atomic E-state index is 7.58. The van der Waals surface area contributed by atoms with Crippen LogP contribution in [0.15, 0.2) is 97.1 Å². The highest BCUT2D eigenvalue weighted by Crippen LogP contribution is 2.61. The first-order valence-electron chi connectivity index (χ1n) is 18.1. The van der Waals surface area contributed by atoms with Crippen molar-refractivity contribution in [2.75, 3.05) is 47.8 Å². The number of benzene rings is 5. The Morgan fingerprint density at radius 2 is 1.20 bits per heavy atom. The molecule has 51 heavy (non-hydrogen) atoms. The van der Waals surface area contributed by atoms with E-state index in [4.69, 9.17) is 28.4 Å². The topological polar surface area (TPSA) is 55.4 Å². The normalized spacial score (nSPS) is 14.8. The van der Waals surface area contributed by atoms with Crippen LogP contribution in [0, 0.1) is 0 Å². The molecule has 5 aromatic carbocycles. The summed E-state index contributed by atoms with van der Waals surface area (Å²) in [5, 5.41) is 2.18. The van der Waals surface area contributed by atoms with E-state index < -0.39 is 5.60 Å². The molecule has 0 amide bonds. The van der Waals surface area contributed by atoms with Gasteiger partial charge in [-0.25, -0.2) is 0 Å². The summed E-state index contributed by atoms with van der Waals surface area (Å²) < 4.78 is 36.4. The lowest BCUT2D eigenvalue weighted by molar-refractivity contribution is 0.129. The molecule has 6 nitrogen and oxygen atoms in total. The standard InChI is InChI=1S/C45H48O6/c1-6-49-28-10-25-44(26-11-29-50-7-2)40-13-9-8-12-37(40)41-36-23-22-35(48-5)30-39(36)43-38(42(41)44)24-27-45(51-43,31-14-18-33(46-3)19-15-31)32-16-20-34(47-4)21-17-32/h8-9,12-24,27,30H,6-7,10-11,25-26,28-29H2,1-5H3. The number of ether oxygens (including phenoxy) is 6. The van der Waals surface area contributed by atoms with Crippen molar-refractivity contribution < 1.29 is 28.4 Å². The third kappa shape index (κ3) is 6.04. The van der Waals surface area contributed by atoms with Crippen LogP contribution >= 0.6 is 0 Å². The molecule has 0 saturated heterocycles. The van der Waals surface area contributed by atoms with Crippen molar-refractivity contribution in [1.29, 1.82) is 0 Å². The summed E-state index contributed by atoms with van der Waals surface area (Å²) >= 11 is 0. The average Bonchev–Trinajstić information content (AvgIpc) is 3.48. The molecule has 1 aliphatic carbocycles. The van der Waals surface area contributed by atoms with E-state index in [1.54, 1.807) is 21.3 Å². The minimum Gasteiger partial charge on any atom is -0.497 e. The van der Waals surface area contributed by atoms with E-state index in [0.29, 0.717) is 13.2 Å². The largest absolute Gasteiger partial charge is 0.497 e. The fourth-order valence-electron chi connectivity index (χ4n) is 8.32. The molecule has 0 N–H and O–H groups in total. The van der Waals surface area contributed by atoms with Gasteiger partial charge >= 0.3 is 0 Å². The van der Waals surface area contributed by atoms with Crippen molar-refractivity contribution in [1.82, 2.24) is 0 Å². The summed E-state index contributed by atoms with van der Waals surface area (Å²) in [4.78, 5) is 0. The van der Waals surface area contributed by atoms with Crippen molar-refractivity contribution in [3.05, 3.63) is 125 Å². The zero-order valence-electron chi connectivity index (χ0n) is 30.4. The molecule has 0 unspecified atom stereocenters. The van der Waals surface area contributed by atoms with Gasteiger partial charge in [0.05, 0.1) is 21.3 Å². The molecule has 0 aromatic heterocycles. The fourth-order valence-corrected chi connectivity index (χ4v) is 8.32. The van der Waals surface area contributed by atoms with Crippen LogP contribution in [0.2, 0.25) is 0 Å². The molecule has 0 bridgehead atoms. The molecular formula is C45H48O6. The molecule has 1 heterocycles. The summed E-state index contributed by atoms with van der Waals surface area (Å²) in [6.45, 7) is 6.99. The first-order chi connectivity index (χ1) is 25.0. The Morgan fingerprint density at radius 3 is 1.76 bits per heavy atom. The third-order valence-electron chi connectivity index (χ3n) is 10.7. The second kappa shape index (κ2) is 14.8. The van der Waals surface area contributed by atoms with Crippen LogP contribution in [-0.2, 0) is 20.5 Å². The number of rotatable bonds is 15. The Labute approximate surface area is 301 Å². The number of hydrogen-bond donors (Lipinski definition) is 0. The summed E-state index contributed by atoms with van der Waals surface area (Å²) in [7, 11) is 5.10. The molecule has 264 valence electrons. The molecular weight excluding hydrogens is 636 g/mol. The Morgan fingerprint density at radius 1 is 0.627 bits per heavy atom. The van der Waals surface area contributed by atoms with E-state index in [1.807, 2.05) is 24.3 Å². The average molecular weight is 685 g/mol. The van der Waals surface area contributed by atoms with Gasteiger partial charge in [-0.3, -0.25) is 0 Å². The Balaban J connectivity index is 1.52. The monoisotopic (exact) mass is 684 g/mol. The van der Waals surface area contributed by atoms with Crippen molar-refractivity contribution in [3.63, 3.8) is 0 Å². The highest BCUT2D eigenvalue weighted by atomic mass is 16.5. The summed E-state index contributed by atoms with van der Waals surface area (Å²) in [5.74, 6) is 3.22. The van der Waals surface area contributed by atoms with Crippen LogP contribution in [0.5, 0.6) is 23.0 Å². The highest BCUT2D eigenvalue weighted by molar-refractivity contribution is 6.09. The molecule has 0 atom stereocenters. The van der Waals surface area contributed by atoms with Gasteiger partial charge in [0.25, 0.3) is 0 Å². The van der Waals surface area contributed by atoms with Crippen LogP contribution in [0.25, 0.3) is 28.0 Å². The van der Waals surface area contributed by atoms with Gasteiger partial charge < -0.3 is 28.4 Å². The second-order valence-electron chi connectivity index (χ2n) is 13.3. The lowest BCUT2D eigenvalue weighted by atomic mass is 9.69. The lowest BCUT2D eigenvalue weighted by Gasteiger charge is -2.40. The van der Waals surface area contributed by atoms with Gasteiger partial charge in [-0.2, -0.15) is 0 Å². The zero-order valence-corrected chi connectivity index (χ0v) is 30.4. The van der Waals surface area contributed by atoms with E-state index >= 15 is 0 Å². The first-order valence-corrected chi connectivity index (χ1v) is 18.1. The molecule has 0 radical (unpaired) electrons. The van der Waals surface area contributed by atoms with Gasteiger partial charge in [-0.05, 0) is 116 Å². The molecule has 0 saturated carbocycles. The number of fused-ring (bicyclic) bond motifs is 8. The molecule has 0 spiro atoms. The second-order valence-corrected chi connectivity index (χ2v) is 13.3. The van der Waals surface area contributed by atoms with Gasteiger partial charge in [-0.15, -0.1) is 0 Å². The van der Waals surface area contributed by atoms with Crippen molar-refractivity contribution in [2.24, 2.45) is 0 Å². The minimum absolute atomic E-state index is 0.258. The minimum atomic E-state index is -0.923. The van der Waals surface area contributed by atoms with E-state index in [0.717, 1.165) is 89.4 Å². The summed E-state index contributed by atoms with van der Waals surface area (Å²) in [5.41, 5.74) is 7.20. The van der Waals surface area contributed by atoms with Crippen LogP contribution in [0.3, 0.4) is 0 Å². The predicted molar refractivity (Wildman–Crippen MR) is 205 cm³/mol. The molecule has 7 rings (SSSR count). The van der Waals surface area contributed by atoms with Gasteiger partial charge in [0, 0.05) is 53.9 Å². The summed E-state index contributed by atoms with van der Waals surface area (Å²) in [6.07, 6.45) is 8.34. The number of hydrogen-bond acceptors (Lipinski definition) is 6. The zero-order chi connectivity index (χ0) is 35.4. The Hall–Kier alpha value is -4.78. The first kappa shape index (κ1) is 34.7. The maximum atomic E-state index is 7.58. The SMILES string of the molecule is CCOCCCC1(CCCOCC)c2ccccc2-c2c1c1c(c3cc(OC)ccc23)OC(c2ccc(OC)cc2)(c2ccc(OC)cc2)C=C1. The predicted octanol–water partition coefficient (Wildman–Crippen LogP) is 10.1. The Bertz CT molecular complexity index is 1950. The van der Waals surface area contributed by atoms with E-state index in [1.165, 1.54) is 22.3 Å². The maximum Gasteiger partial charge on any atom is 0.178 e. The molecule has 0 fully saturated rings. The smallest absolute Gasteiger partial charge is 0.178 e. The van der Waals surface area contributed by atoms with Gasteiger partial charge in [-0.1, -0.05) is 54.6 Å². The van der Waals surface area contributed by atoms with Gasteiger partial charge in [0.15, 0.2) is 5.60 Å². The fraction of sp³-hybridized carbons (Fsp3) is 0.333. The van der Waals surface area contributed by atoms with Crippen LogP contribution in [0.4, 0.5) is 0 Å². The van der Waals surface area contributed by atoms with Crippen molar-refractivity contribution in [2.45, 2.75) is 50.5 Å². The molecule has 2 aliphatic rings. The quantitative estimate of drug-likeness (QED) is 0.102. The van der Waals surface area contributed by atoms with Crippen LogP contribution in [-0.4, -0.2) is 47.8 Å². The molecule has 6 heteroatoms. The third-order valence-corrected chi connectivity index (χ3v) is 10.7. The van der Waals surface area contributed by atoms with Crippen molar-refractivity contribution >= 4 is 16.8 Å². The van der Waals surface area contributed by atoms with Gasteiger partial charge in [0.2, 0.25) is 0 Å². The summed E-state index contributed by atoms with van der Waals surface area (Å²) in [6, 6.07) is 31.8.